The lowest BCUT2D eigenvalue weighted by molar-refractivity contribution is 0.0997. The minimum Gasteiger partial charge on any atom is -0.495 e. The van der Waals surface area contributed by atoms with E-state index in [1.165, 1.54) is 47.7 Å². The Morgan fingerprint density at radius 2 is 1.62 bits per heavy atom. The molecule has 0 radical (unpaired) electrons. The lowest BCUT2D eigenvalue weighted by Crippen LogP contribution is -2.19. The zero-order valence-electron chi connectivity index (χ0n) is 20.2. The maximum absolute atomic E-state index is 13.1. The van der Waals surface area contributed by atoms with Crippen LogP contribution in [0.1, 0.15) is 10.4 Å². The summed E-state index contributed by atoms with van der Waals surface area (Å²) >= 11 is 1.28. The topological polar surface area (TPSA) is 108 Å². The van der Waals surface area contributed by atoms with Crippen molar-refractivity contribution in [1.29, 1.82) is 0 Å². The number of thiazole rings is 1. The lowest BCUT2D eigenvalue weighted by atomic mass is 10.2. The van der Waals surface area contributed by atoms with E-state index in [4.69, 9.17) is 14.2 Å². The van der Waals surface area contributed by atoms with Gasteiger partial charge in [-0.2, -0.15) is 4.99 Å². The fourth-order valence-electron chi connectivity index (χ4n) is 3.59. The molecule has 194 valence electrons. The number of methoxy groups -OCH3 is 3. The molecule has 0 aliphatic carbocycles. The van der Waals surface area contributed by atoms with Crippen molar-refractivity contribution >= 4 is 43.2 Å². The van der Waals surface area contributed by atoms with Crippen molar-refractivity contribution in [2.45, 2.75) is 11.4 Å². The van der Waals surface area contributed by atoms with Crippen LogP contribution in [-0.4, -0.2) is 46.8 Å². The van der Waals surface area contributed by atoms with E-state index in [1.54, 1.807) is 33.5 Å². The number of aromatic nitrogens is 1. The van der Waals surface area contributed by atoms with E-state index < -0.39 is 21.7 Å². The van der Waals surface area contributed by atoms with Crippen LogP contribution in [0.2, 0.25) is 0 Å². The van der Waals surface area contributed by atoms with Crippen LogP contribution >= 0.6 is 11.3 Å². The first-order chi connectivity index (χ1) is 17.8. The molecule has 0 aliphatic rings. The highest BCUT2D eigenvalue weighted by molar-refractivity contribution is 7.92. The molecule has 3 aromatic carbocycles. The molecule has 0 bridgehead atoms. The van der Waals surface area contributed by atoms with E-state index in [9.17, 15) is 17.6 Å². The molecule has 0 saturated heterocycles. The molecule has 9 nitrogen and oxygen atoms in total. The van der Waals surface area contributed by atoms with Crippen LogP contribution in [-0.2, 0) is 21.3 Å². The first-order valence-electron chi connectivity index (χ1n) is 11.0. The predicted molar refractivity (Wildman–Crippen MR) is 138 cm³/mol. The first-order valence-corrected chi connectivity index (χ1v) is 13.3. The maximum Gasteiger partial charge on any atom is 0.279 e. The van der Waals surface area contributed by atoms with Crippen LogP contribution in [0.3, 0.4) is 0 Å². The van der Waals surface area contributed by atoms with Crippen molar-refractivity contribution in [2.75, 3.05) is 32.7 Å². The Balaban J connectivity index is 1.66. The summed E-state index contributed by atoms with van der Waals surface area (Å²) in [6.07, 6.45) is 0. The number of nitrogens with zero attached hydrogens (tertiary/aromatic N) is 2. The molecule has 0 unspecified atom stereocenters. The number of nitrogens with one attached hydrogen (secondary N) is 1. The number of hydrogen-bond donors (Lipinski definition) is 1. The molecule has 37 heavy (non-hydrogen) atoms. The molecule has 12 heteroatoms. The van der Waals surface area contributed by atoms with Crippen molar-refractivity contribution < 1.29 is 31.8 Å². The first kappa shape index (κ1) is 26.3. The zero-order valence-corrected chi connectivity index (χ0v) is 21.9. The molecule has 1 N–H and O–H groups in total. The molecule has 4 aromatic rings. The monoisotopic (exact) mass is 545 g/mol. The van der Waals surface area contributed by atoms with Crippen molar-refractivity contribution in [3.8, 4) is 11.5 Å². The number of ether oxygens (including phenoxy) is 3. The molecule has 4 rings (SSSR count). The van der Waals surface area contributed by atoms with Crippen LogP contribution in [0.25, 0.3) is 10.2 Å². The second-order valence-corrected chi connectivity index (χ2v) is 10.4. The largest absolute Gasteiger partial charge is 0.495 e. The van der Waals surface area contributed by atoms with Gasteiger partial charge in [0.05, 0.1) is 25.7 Å². The van der Waals surface area contributed by atoms with Crippen LogP contribution in [0.4, 0.5) is 10.1 Å². The zero-order chi connectivity index (χ0) is 26.6. The van der Waals surface area contributed by atoms with Gasteiger partial charge < -0.3 is 18.8 Å². The Morgan fingerprint density at radius 1 is 0.973 bits per heavy atom. The van der Waals surface area contributed by atoms with Gasteiger partial charge in [0.1, 0.15) is 27.5 Å². The second-order valence-electron chi connectivity index (χ2n) is 7.73. The standard InChI is InChI=1S/C25H24FN3O6S2/c1-33-15-14-29-22-20(34-2)12-13-21(35-3)23(22)36-25(29)27-24(30)16-4-8-18(9-5-16)28-37(31,32)19-10-6-17(26)7-11-19/h4-13,28H,14-15H2,1-3H3. The van der Waals surface area contributed by atoms with Crippen molar-refractivity contribution in [1.82, 2.24) is 4.57 Å². The molecule has 0 spiro atoms. The summed E-state index contributed by atoms with van der Waals surface area (Å²) in [4.78, 5) is 17.7. The number of rotatable bonds is 9. The lowest BCUT2D eigenvalue weighted by Gasteiger charge is -2.10. The van der Waals surface area contributed by atoms with Gasteiger partial charge in [0.2, 0.25) is 0 Å². The van der Waals surface area contributed by atoms with Gasteiger partial charge in [-0.05, 0) is 60.7 Å². The maximum atomic E-state index is 13.1. The molecule has 0 aliphatic heterocycles. The Hall–Kier alpha value is -3.74. The van der Waals surface area contributed by atoms with Gasteiger partial charge in [0, 0.05) is 24.9 Å². The van der Waals surface area contributed by atoms with Crippen molar-refractivity contribution in [3.63, 3.8) is 0 Å². The second kappa shape index (κ2) is 11.1. The molecular formula is C25H24FN3O6S2. The Morgan fingerprint density at radius 3 is 2.24 bits per heavy atom. The van der Waals surface area contributed by atoms with Crippen molar-refractivity contribution in [2.24, 2.45) is 4.99 Å². The van der Waals surface area contributed by atoms with Gasteiger partial charge >= 0.3 is 0 Å². The van der Waals surface area contributed by atoms with Gasteiger partial charge in [0.15, 0.2) is 4.80 Å². The molecular weight excluding hydrogens is 521 g/mol. The van der Waals surface area contributed by atoms with Gasteiger partial charge in [-0.1, -0.05) is 11.3 Å². The number of sulfonamides is 1. The van der Waals surface area contributed by atoms with E-state index >= 15 is 0 Å². The van der Waals surface area contributed by atoms with Crippen molar-refractivity contribution in [3.05, 3.63) is 76.8 Å². The van der Waals surface area contributed by atoms with Gasteiger partial charge in [-0.15, -0.1) is 0 Å². The molecule has 0 saturated carbocycles. The van der Waals surface area contributed by atoms with Gasteiger partial charge in [0.25, 0.3) is 15.9 Å². The Kier molecular flexibility index (Phi) is 7.91. The molecule has 0 fully saturated rings. The van der Waals surface area contributed by atoms with E-state index in [0.29, 0.717) is 29.5 Å². The molecule has 1 amide bonds. The number of anilines is 1. The average molecular weight is 546 g/mol. The fraction of sp³-hybridized carbons (Fsp3) is 0.200. The fourth-order valence-corrected chi connectivity index (χ4v) is 5.81. The number of amides is 1. The summed E-state index contributed by atoms with van der Waals surface area (Å²) in [5.41, 5.74) is 1.24. The number of carbonyl (C=O) groups is 1. The van der Waals surface area contributed by atoms with Crippen LogP contribution in [0, 0.1) is 5.82 Å². The SMILES string of the molecule is COCCn1c(=NC(=O)c2ccc(NS(=O)(=O)c3ccc(F)cc3)cc2)sc2c(OC)ccc(OC)c21. The Bertz CT molecular complexity index is 1590. The van der Waals surface area contributed by atoms with Gasteiger partial charge in [-0.25, -0.2) is 12.8 Å². The number of carbonyl (C=O) groups excluding carboxylic acids is 1. The van der Waals surface area contributed by atoms with Crippen LogP contribution in [0.5, 0.6) is 11.5 Å². The summed E-state index contributed by atoms with van der Waals surface area (Å²) in [6, 6.07) is 13.9. The minimum atomic E-state index is -3.92. The molecule has 1 aromatic heterocycles. The number of halogens is 1. The van der Waals surface area contributed by atoms with Gasteiger partial charge in [-0.3, -0.25) is 9.52 Å². The summed E-state index contributed by atoms with van der Waals surface area (Å²) < 4.78 is 59.5. The van der Waals surface area contributed by atoms with E-state index in [0.717, 1.165) is 22.3 Å². The summed E-state index contributed by atoms with van der Waals surface area (Å²) in [5, 5.41) is 0. The number of hydrogen-bond acceptors (Lipinski definition) is 7. The molecule has 0 atom stereocenters. The minimum absolute atomic E-state index is 0.0831. The quantitative estimate of drug-likeness (QED) is 0.340. The highest BCUT2D eigenvalue weighted by Gasteiger charge is 2.18. The van der Waals surface area contributed by atoms with E-state index in [1.807, 2.05) is 4.57 Å². The average Bonchev–Trinajstić information content (AvgIpc) is 3.25. The summed E-state index contributed by atoms with van der Waals surface area (Å²) in [6.45, 7) is 0.812. The van der Waals surface area contributed by atoms with E-state index in [-0.39, 0.29) is 16.1 Å². The van der Waals surface area contributed by atoms with Crippen LogP contribution in [0.15, 0.2) is 70.6 Å². The Labute approximate surface area is 216 Å². The summed E-state index contributed by atoms with van der Waals surface area (Å²) in [5.74, 6) is 0.182. The number of fused-ring (bicyclic) bond motifs is 1. The highest BCUT2D eigenvalue weighted by atomic mass is 32.2. The number of benzene rings is 3. The predicted octanol–water partition coefficient (Wildman–Crippen LogP) is 4.05. The van der Waals surface area contributed by atoms with Crippen LogP contribution < -0.4 is 19.0 Å². The van der Waals surface area contributed by atoms with E-state index in [2.05, 4.69) is 9.71 Å². The normalized spacial score (nSPS) is 12.1. The third-order valence-electron chi connectivity index (χ3n) is 5.42. The highest BCUT2D eigenvalue weighted by Crippen LogP contribution is 2.35. The summed E-state index contributed by atoms with van der Waals surface area (Å²) in [7, 11) is 0.794. The smallest absolute Gasteiger partial charge is 0.279 e. The molecule has 1 heterocycles. The third-order valence-corrected chi connectivity index (χ3v) is 7.91. The third kappa shape index (κ3) is 5.66.